The Balaban J connectivity index is 0.00000529. The molecule has 0 aromatic heterocycles. The smallest absolute Gasteiger partial charge is 0.411 e. The van der Waals surface area contributed by atoms with E-state index in [9.17, 15) is 4.79 Å². The Hall–Kier alpha value is -1.55. The molecule has 0 saturated heterocycles. The van der Waals surface area contributed by atoms with Crippen LogP contribution in [-0.4, -0.2) is 45.5 Å². The summed E-state index contributed by atoms with van der Waals surface area (Å²) in [5, 5.41) is 9.08. The highest BCUT2D eigenvalue weighted by Gasteiger charge is 2.04. The third-order valence-corrected chi connectivity index (χ3v) is 2.95. The predicted octanol–water partition coefficient (Wildman–Crippen LogP) is 2.57. The van der Waals surface area contributed by atoms with Gasteiger partial charge in [0.1, 0.15) is 0 Å². The topological polar surface area (TPSA) is 84.0 Å². The van der Waals surface area contributed by atoms with Gasteiger partial charge in [-0.25, -0.2) is 9.79 Å². The van der Waals surface area contributed by atoms with E-state index < -0.39 is 6.09 Å². The van der Waals surface area contributed by atoms with Crippen LogP contribution in [0.1, 0.15) is 19.4 Å². The molecule has 7 nitrogen and oxygen atoms in total. The normalized spacial score (nSPS) is 11.9. The van der Waals surface area contributed by atoms with E-state index in [1.165, 1.54) is 7.11 Å². The fourth-order valence-electron chi connectivity index (χ4n) is 1.88. The molecule has 24 heavy (non-hydrogen) atoms. The minimum Gasteiger partial charge on any atom is -0.453 e. The monoisotopic (exact) mass is 450 g/mol. The van der Waals surface area contributed by atoms with Gasteiger partial charge in [-0.1, -0.05) is 12.1 Å². The zero-order chi connectivity index (χ0) is 17.1. The van der Waals surface area contributed by atoms with Crippen molar-refractivity contribution in [1.29, 1.82) is 0 Å². The molecule has 0 aliphatic rings. The summed E-state index contributed by atoms with van der Waals surface area (Å²) in [4.78, 5) is 15.7. The van der Waals surface area contributed by atoms with Crippen LogP contribution in [0.2, 0.25) is 0 Å². The van der Waals surface area contributed by atoms with Crippen molar-refractivity contribution in [3.05, 3.63) is 29.8 Å². The predicted molar refractivity (Wildman–Crippen MR) is 107 cm³/mol. The second-order valence-corrected chi connectivity index (χ2v) is 5.01. The van der Waals surface area contributed by atoms with E-state index in [4.69, 9.17) is 4.74 Å². The average Bonchev–Trinajstić information content (AvgIpc) is 2.54. The largest absolute Gasteiger partial charge is 0.453 e. The van der Waals surface area contributed by atoms with Gasteiger partial charge in [-0.05, 0) is 31.5 Å². The lowest BCUT2D eigenvalue weighted by atomic mass is 10.2. The third-order valence-electron chi connectivity index (χ3n) is 2.95. The van der Waals surface area contributed by atoms with Crippen molar-refractivity contribution in [2.24, 2.45) is 4.99 Å². The van der Waals surface area contributed by atoms with Gasteiger partial charge in [-0.2, -0.15) is 0 Å². The number of carbonyl (C=O) groups is 1. The molecule has 0 bridgehead atoms. The van der Waals surface area contributed by atoms with Crippen LogP contribution in [0.5, 0.6) is 0 Å². The number of hydrogen-bond donors (Lipinski definition) is 3. The number of rotatable bonds is 7. The van der Waals surface area contributed by atoms with Crippen molar-refractivity contribution in [3.8, 4) is 0 Å². The van der Waals surface area contributed by atoms with Crippen LogP contribution in [0, 0.1) is 0 Å². The van der Waals surface area contributed by atoms with Crippen molar-refractivity contribution < 1.29 is 14.3 Å². The number of benzene rings is 1. The lowest BCUT2D eigenvalue weighted by molar-refractivity contribution is 0.179. The lowest BCUT2D eigenvalue weighted by Crippen LogP contribution is -2.43. The van der Waals surface area contributed by atoms with Crippen molar-refractivity contribution in [2.75, 3.05) is 32.7 Å². The minimum absolute atomic E-state index is 0. The number of nitrogens with zero attached hydrogens (tertiary/aromatic N) is 1. The quantitative estimate of drug-likeness (QED) is 0.338. The zero-order valence-corrected chi connectivity index (χ0v) is 16.9. The van der Waals surface area contributed by atoms with E-state index in [1.807, 2.05) is 38.1 Å². The number of halogens is 1. The van der Waals surface area contributed by atoms with E-state index >= 15 is 0 Å². The standard InChI is InChI=1S/C16H26N4O3.HI/c1-5-17-15(19-12(2)11-22-3)18-10-13-6-8-14(9-7-13)20-16(21)23-4;/h6-9,12H,5,10-11H2,1-4H3,(H,20,21)(H2,17,18,19);1H. The number of nitrogens with one attached hydrogen (secondary N) is 3. The van der Waals surface area contributed by atoms with Gasteiger partial charge in [0, 0.05) is 25.4 Å². The Labute approximate surface area is 160 Å². The number of methoxy groups -OCH3 is 2. The first-order chi connectivity index (χ1) is 11.1. The Morgan fingerprint density at radius 1 is 1.25 bits per heavy atom. The summed E-state index contributed by atoms with van der Waals surface area (Å²) in [6, 6.07) is 7.63. The number of carbonyl (C=O) groups excluding carboxylic acids is 1. The third kappa shape index (κ3) is 8.92. The van der Waals surface area contributed by atoms with Crippen molar-refractivity contribution in [3.63, 3.8) is 0 Å². The maximum Gasteiger partial charge on any atom is 0.411 e. The number of hydrogen-bond acceptors (Lipinski definition) is 4. The number of aliphatic imine (C=N–C) groups is 1. The van der Waals surface area contributed by atoms with Crippen molar-refractivity contribution >= 4 is 41.7 Å². The van der Waals surface area contributed by atoms with Crippen LogP contribution in [0.15, 0.2) is 29.3 Å². The van der Waals surface area contributed by atoms with Crippen LogP contribution >= 0.6 is 24.0 Å². The molecule has 1 rings (SSSR count). The van der Waals surface area contributed by atoms with Gasteiger partial charge < -0.3 is 20.1 Å². The first kappa shape index (κ1) is 22.4. The molecule has 0 fully saturated rings. The molecule has 136 valence electrons. The van der Waals surface area contributed by atoms with Gasteiger partial charge in [0.15, 0.2) is 5.96 Å². The highest BCUT2D eigenvalue weighted by molar-refractivity contribution is 14.0. The Kier molecular flexibility index (Phi) is 12.0. The van der Waals surface area contributed by atoms with E-state index in [0.717, 1.165) is 18.1 Å². The molecule has 1 unspecified atom stereocenters. The van der Waals surface area contributed by atoms with Crippen molar-refractivity contribution in [1.82, 2.24) is 10.6 Å². The van der Waals surface area contributed by atoms with Gasteiger partial charge >= 0.3 is 6.09 Å². The molecule has 1 aromatic carbocycles. The van der Waals surface area contributed by atoms with E-state index in [-0.39, 0.29) is 30.0 Å². The molecule has 1 atom stereocenters. The van der Waals surface area contributed by atoms with Crippen LogP contribution in [-0.2, 0) is 16.0 Å². The summed E-state index contributed by atoms with van der Waals surface area (Å²) in [6.45, 7) is 5.98. The van der Waals surface area contributed by atoms with Gasteiger partial charge in [0.05, 0.1) is 20.3 Å². The lowest BCUT2D eigenvalue weighted by Gasteiger charge is -2.17. The molecular formula is C16H27IN4O3. The van der Waals surface area contributed by atoms with Crippen LogP contribution in [0.25, 0.3) is 0 Å². The maximum absolute atomic E-state index is 11.1. The van der Waals surface area contributed by atoms with Crippen molar-refractivity contribution in [2.45, 2.75) is 26.4 Å². The molecule has 0 radical (unpaired) electrons. The molecule has 0 heterocycles. The van der Waals surface area contributed by atoms with Crippen LogP contribution in [0.3, 0.4) is 0 Å². The molecule has 0 saturated carbocycles. The number of amides is 1. The first-order valence-corrected chi connectivity index (χ1v) is 7.56. The Bertz CT molecular complexity index is 509. The molecule has 8 heteroatoms. The van der Waals surface area contributed by atoms with Gasteiger partial charge in [0.25, 0.3) is 0 Å². The van der Waals surface area contributed by atoms with Gasteiger partial charge in [0.2, 0.25) is 0 Å². The average molecular weight is 450 g/mol. The Morgan fingerprint density at radius 3 is 2.46 bits per heavy atom. The molecule has 0 aliphatic carbocycles. The molecule has 0 aliphatic heterocycles. The summed E-state index contributed by atoms with van der Waals surface area (Å²) in [7, 11) is 3.00. The van der Waals surface area contributed by atoms with E-state index in [0.29, 0.717) is 18.8 Å². The van der Waals surface area contributed by atoms with Gasteiger partial charge in [-0.3, -0.25) is 5.32 Å². The summed E-state index contributed by atoms with van der Waals surface area (Å²) < 4.78 is 9.66. The minimum atomic E-state index is -0.485. The number of anilines is 1. The molecule has 1 amide bonds. The summed E-state index contributed by atoms with van der Waals surface area (Å²) in [5.41, 5.74) is 1.72. The highest BCUT2D eigenvalue weighted by Crippen LogP contribution is 2.10. The number of ether oxygens (including phenoxy) is 2. The molecule has 3 N–H and O–H groups in total. The summed E-state index contributed by atoms with van der Waals surface area (Å²) >= 11 is 0. The second kappa shape index (κ2) is 12.8. The summed E-state index contributed by atoms with van der Waals surface area (Å²) in [6.07, 6.45) is -0.485. The fourth-order valence-corrected chi connectivity index (χ4v) is 1.88. The summed E-state index contributed by atoms with van der Waals surface area (Å²) in [5.74, 6) is 0.744. The second-order valence-electron chi connectivity index (χ2n) is 5.01. The fraction of sp³-hybridized carbons (Fsp3) is 0.500. The van der Waals surface area contributed by atoms with Crippen LogP contribution < -0.4 is 16.0 Å². The zero-order valence-electron chi connectivity index (χ0n) is 14.6. The number of guanidine groups is 1. The van der Waals surface area contributed by atoms with E-state index in [2.05, 4.69) is 25.7 Å². The molecular weight excluding hydrogens is 423 g/mol. The molecule has 1 aromatic rings. The Morgan fingerprint density at radius 2 is 1.92 bits per heavy atom. The van der Waals surface area contributed by atoms with Gasteiger partial charge in [-0.15, -0.1) is 24.0 Å². The van der Waals surface area contributed by atoms with E-state index in [1.54, 1.807) is 7.11 Å². The maximum atomic E-state index is 11.1. The SMILES string of the molecule is CCNC(=NCc1ccc(NC(=O)OC)cc1)NC(C)COC.I. The highest BCUT2D eigenvalue weighted by atomic mass is 127. The van der Waals surface area contributed by atoms with Crippen LogP contribution in [0.4, 0.5) is 10.5 Å². The first-order valence-electron chi connectivity index (χ1n) is 7.56. The molecule has 0 spiro atoms.